The molecule has 0 radical (unpaired) electrons. The van der Waals surface area contributed by atoms with E-state index in [9.17, 15) is 4.79 Å². The lowest BCUT2D eigenvalue weighted by Gasteiger charge is -2.32. The standard InChI is InChI=1S/C19H27NO5/c1-13-4-10-24-17(13)19(21)20-11-16(18-15(20)3-2-7-23-18)25-12-14-5-8-22-9-6-14/h4,10,14-16,18H,2-3,5-9,11-12H2,1H3/t15-,16+,18+/m1/s1. The fourth-order valence-corrected chi connectivity index (χ4v) is 4.18. The number of fused-ring (bicyclic) bond motifs is 1. The largest absolute Gasteiger partial charge is 0.459 e. The third-order valence-corrected chi connectivity index (χ3v) is 5.68. The molecule has 0 aliphatic carbocycles. The number of hydrogen-bond acceptors (Lipinski definition) is 5. The number of carbonyl (C=O) groups excluding carboxylic acids is 1. The minimum Gasteiger partial charge on any atom is -0.459 e. The first-order valence-electron chi connectivity index (χ1n) is 9.40. The van der Waals surface area contributed by atoms with Gasteiger partial charge in [0.2, 0.25) is 0 Å². The zero-order valence-corrected chi connectivity index (χ0v) is 14.8. The van der Waals surface area contributed by atoms with Gasteiger partial charge in [-0.15, -0.1) is 0 Å². The Morgan fingerprint density at radius 3 is 2.88 bits per heavy atom. The van der Waals surface area contributed by atoms with Crippen molar-refractivity contribution < 1.29 is 23.4 Å². The number of carbonyl (C=O) groups is 1. The molecule has 25 heavy (non-hydrogen) atoms. The summed E-state index contributed by atoms with van der Waals surface area (Å²) in [6.07, 6.45) is 5.56. The van der Waals surface area contributed by atoms with Crippen LogP contribution in [0.1, 0.15) is 41.8 Å². The van der Waals surface area contributed by atoms with Crippen molar-refractivity contribution in [1.29, 1.82) is 0 Å². The van der Waals surface area contributed by atoms with Gasteiger partial charge in [0.15, 0.2) is 5.76 Å². The fraction of sp³-hybridized carbons (Fsp3) is 0.737. The minimum absolute atomic E-state index is 0.0205. The molecule has 0 spiro atoms. The van der Waals surface area contributed by atoms with E-state index in [4.69, 9.17) is 18.6 Å². The van der Waals surface area contributed by atoms with Gasteiger partial charge in [-0.3, -0.25) is 4.79 Å². The lowest BCUT2D eigenvalue weighted by Crippen LogP contribution is -2.44. The minimum atomic E-state index is -0.0487. The molecule has 3 saturated heterocycles. The van der Waals surface area contributed by atoms with Crippen molar-refractivity contribution >= 4 is 5.91 Å². The first-order valence-corrected chi connectivity index (χ1v) is 9.40. The summed E-state index contributed by atoms with van der Waals surface area (Å²) < 4.78 is 23.1. The summed E-state index contributed by atoms with van der Waals surface area (Å²) in [7, 11) is 0. The number of aryl methyl sites for hydroxylation is 1. The molecule has 6 nitrogen and oxygen atoms in total. The van der Waals surface area contributed by atoms with Crippen LogP contribution in [-0.2, 0) is 14.2 Å². The Balaban J connectivity index is 1.44. The SMILES string of the molecule is Cc1ccoc1C(=O)N1C[C@H](OCC2CCOCC2)[C@H]2OCCC[C@H]21. The number of likely N-dealkylation sites (tertiary alicyclic amines) is 1. The van der Waals surface area contributed by atoms with E-state index in [0.29, 0.717) is 18.2 Å². The molecule has 3 atom stereocenters. The summed E-state index contributed by atoms with van der Waals surface area (Å²) in [6.45, 7) is 5.61. The predicted molar refractivity (Wildman–Crippen MR) is 90.5 cm³/mol. The fourth-order valence-electron chi connectivity index (χ4n) is 4.18. The Bertz CT molecular complexity index is 594. The Morgan fingerprint density at radius 1 is 1.28 bits per heavy atom. The van der Waals surface area contributed by atoms with Crippen LogP contribution in [0.15, 0.2) is 16.7 Å². The van der Waals surface area contributed by atoms with Crippen molar-refractivity contribution in [2.24, 2.45) is 5.92 Å². The summed E-state index contributed by atoms with van der Waals surface area (Å²) in [5, 5.41) is 0. The smallest absolute Gasteiger partial charge is 0.290 e. The molecule has 3 aliphatic rings. The average Bonchev–Trinajstić information content (AvgIpc) is 3.24. The van der Waals surface area contributed by atoms with Gasteiger partial charge >= 0.3 is 0 Å². The van der Waals surface area contributed by atoms with E-state index in [1.54, 1.807) is 6.26 Å². The summed E-state index contributed by atoms with van der Waals surface area (Å²) in [4.78, 5) is 14.8. The highest BCUT2D eigenvalue weighted by Crippen LogP contribution is 2.33. The van der Waals surface area contributed by atoms with Gasteiger partial charge in [-0.25, -0.2) is 0 Å². The van der Waals surface area contributed by atoms with Crippen LogP contribution in [0.4, 0.5) is 0 Å². The van der Waals surface area contributed by atoms with E-state index >= 15 is 0 Å². The lowest BCUT2D eigenvalue weighted by atomic mass is 10.0. The second kappa shape index (κ2) is 7.48. The van der Waals surface area contributed by atoms with Gasteiger partial charge in [0, 0.05) is 25.4 Å². The van der Waals surface area contributed by atoms with Crippen molar-refractivity contribution in [2.75, 3.05) is 33.0 Å². The number of amides is 1. The van der Waals surface area contributed by atoms with Crippen LogP contribution >= 0.6 is 0 Å². The van der Waals surface area contributed by atoms with Crippen molar-refractivity contribution in [3.63, 3.8) is 0 Å². The number of hydrogen-bond donors (Lipinski definition) is 0. The van der Waals surface area contributed by atoms with Crippen molar-refractivity contribution in [3.8, 4) is 0 Å². The molecule has 138 valence electrons. The summed E-state index contributed by atoms with van der Waals surface area (Å²) in [5.41, 5.74) is 0.879. The van der Waals surface area contributed by atoms with Crippen LogP contribution in [0, 0.1) is 12.8 Å². The number of rotatable bonds is 4. The van der Waals surface area contributed by atoms with Crippen molar-refractivity contribution in [3.05, 3.63) is 23.7 Å². The number of ether oxygens (including phenoxy) is 3. The quantitative estimate of drug-likeness (QED) is 0.835. The molecular weight excluding hydrogens is 322 g/mol. The summed E-state index contributed by atoms with van der Waals surface area (Å²) >= 11 is 0. The first kappa shape index (κ1) is 17.1. The molecule has 1 aromatic heterocycles. The van der Waals surface area contributed by atoms with E-state index in [-0.39, 0.29) is 24.2 Å². The third kappa shape index (κ3) is 3.48. The van der Waals surface area contributed by atoms with E-state index in [1.807, 2.05) is 17.9 Å². The highest BCUT2D eigenvalue weighted by Gasteiger charge is 2.47. The highest BCUT2D eigenvalue weighted by atomic mass is 16.5. The number of nitrogens with zero attached hydrogens (tertiary/aromatic N) is 1. The third-order valence-electron chi connectivity index (χ3n) is 5.68. The van der Waals surface area contributed by atoms with Gasteiger partial charge < -0.3 is 23.5 Å². The maximum atomic E-state index is 12.9. The van der Waals surface area contributed by atoms with E-state index in [2.05, 4.69) is 0 Å². The maximum Gasteiger partial charge on any atom is 0.290 e. The number of furan rings is 1. The molecule has 1 aromatic rings. The predicted octanol–water partition coefficient (Wildman–Crippen LogP) is 2.40. The molecule has 1 amide bonds. The van der Waals surface area contributed by atoms with Gasteiger partial charge in [-0.2, -0.15) is 0 Å². The maximum absolute atomic E-state index is 12.9. The van der Waals surface area contributed by atoms with Crippen LogP contribution in [0.2, 0.25) is 0 Å². The first-order chi connectivity index (χ1) is 12.2. The summed E-state index contributed by atoms with van der Waals surface area (Å²) in [5.74, 6) is 0.947. The molecule has 3 fully saturated rings. The average molecular weight is 349 g/mol. The van der Waals surface area contributed by atoms with E-state index in [0.717, 1.165) is 57.7 Å². The second-order valence-electron chi connectivity index (χ2n) is 7.36. The molecule has 4 rings (SSSR count). The van der Waals surface area contributed by atoms with Crippen LogP contribution in [0.3, 0.4) is 0 Å². The zero-order valence-electron chi connectivity index (χ0n) is 14.8. The van der Waals surface area contributed by atoms with Crippen LogP contribution < -0.4 is 0 Å². The Hall–Kier alpha value is -1.37. The molecule has 0 saturated carbocycles. The topological polar surface area (TPSA) is 61.1 Å². The molecule has 0 unspecified atom stereocenters. The monoisotopic (exact) mass is 349 g/mol. The van der Waals surface area contributed by atoms with Crippen LogP contribution in [0.5, 0.6) is 0 Å². The normalized spacial score (nSPS) is 30.4. The van der Waals surface area contributed by atoms with Gasteiger partial charge in [-0.1, -0.05) is 0 Å². The van der Waals surface area contributed by atoms with E-state index < -0.39 is 0 Å². The van der Waals surface area contributed by atoms with Gasteiger partial charge in [0.25, 0.3) is 5.91 Å². The molecule has 6 heteroatoms. The molecule has 0 bridgehead atoms. The Labute approximate surface area is 148 Å². The highest BCUT2D eigenvalue weighted by molar-refractivity contribution is 5.93. The van der Waals surface area contributed by atoms with Gasteiger partial charge in [0.05, 0.1) is 25.5 Å². The van der Waals surface area contributed by atoms with Gasteiger partial charge in [-0.05, 0) is 44.6 Å². The van der Waals surface area contributed by atoms with Crippen LogP contribution in [-0.4, -0.2) is 62.0 Å². The second-order valence-corrected chi connectivity index (χ2v) is 7.36. The Kier molecular flexibility index (Phi) is 5.10. The summed E-state index contributed by atoms with van der Waals surface area (Å²) in [6, 6.07) is 1.92. The zero-order chi connectivity index (χ0) is 17.2. The van der Waals surface area contributed by atoms with Gasteiger partial charge in [0.1, 0.15) is 12.2 Å². The molecule has 4 heterocycles. The van der Waals surface area contributed by atoms with Crippen LogP contribution in [0.25, 0.3) is 0 Å². The molecule has 3 aliphatic heterocycles. The molecule has 0 aromatic carbocycles. The van der Waals surface area contributed by atoms with Crippen molar-refractivity contribution in [2.45, 2.75) is 50.9 Å². The Morgan fingerprint density at radius 2 is 2.12 bits per heavy atom. The lowest BCUT2D eigenvalue weighted by molar-refractivity contribution is -0.0886. The molecule has 0 N–H and O–H groups in total. The molecular formula is C19H27NO5. The van der Waals surface area contributed by atoms with E-state index in [1.165, 1.54) is 0 Å². The van der Waals surface area contributed by atoms with Crippen molar-refractivity contribution in [1.82, 2.24) is 4.90 Å².